The highest BCUT2D eigenvalue weighted by Crippen LogP contribution is 2.48. The molecule has 15 rings (SSSR count). The lowest BCUT2D eigenvalue weighted by molar-refractivity contribution is 0.488. The third-order valence-corrected chi connectivity index (χ3v) is 15.3. The largest absolute Gasteiger partial charge is 0.468 e. The standard InChI is InChI=1S/C50H26B2N4O3S2/c1-3-15-37-29(11-1)47-49(59-37)51-33-21-31-32-22-34-41(24-44(32)60-43(31)23-40(33)57-38-16-5-13-35(45(38)51)55(47)27-9-7-19-53-25-27)58-39-17-6-14-36-46(39)52(34)50-48(30-12-2-4-18-42(30)61-50)56(36)28-10-8-20-54-26-28/h1-26H. The van der Waals surface area contributed by atoms with Crippen molar-refractivity contribution in [3.8, 4) is 23.0 Å². The summed E-state index contributed by atoms with van der Waals surface area (Å²) in [7, 11) is 0. The third kappa shape index (κ3) is 4.24. The molecule has 61 heavy (non-hydrogen) atoms. The van der Waals surface area contributed by atoms with Gasteiger partial charge in [-0.25, -0.2) is 0 Å². The average Bonchev–Trinajstić information content (AvgIpc) is 3.99. The molecule has 0 amide bonds. The van der Waals surface area contributed by atoms with E-state index in [1.54, 1.807) is 11.3 Å². The number of hydrogen-bond acceptors (Lipinski definition) is 9. The van der Waals surface area contributed by atoms with Crippen molar-refractivity contribution in [1.29, 1.82) is 0 Å². The second-order valence-electron chi connectivity index (χ2n) is 16.0. The first-order valence-corrected chi connectivity index (χ1v) is 22.0. The van der Waals surface area contributed by atoms with Crippen LogP contribution < -0.4 is 51.6 Å². The van der Waals surface area contributed by atoms with E-state index in [-0.39, 0.29) is 13.4 Å². The lowest BCUT2D eigenvalue weighted by Gasteiger charge is -2.38. The molecule has 0 saturated carbocycles. The van der Waals surface area contributed by atoms with Crippen LogP contribution in [0.15, 0.2) is 163 Å². The Bertz CT molecular complexity index is 3480. The monoisotopic (exact) mass is 816 g/mol. The zero-order valence-corrected chi connectivity index (χ0v) is 33.6. The van der Waals surface area contributed by atoms with Crippen LogP contribution in [0.4, 0.5) is 34.1 Å². The summed E-state index contributed by atoms with van der Waals surface area (Å²) in [6.07, 6.45) is 7.52. The highest BCUT2D eigenvalue weighted by Gasteiger charge is 2.47. The summed E-state index contributed by atoms with van der Waals surface area (Å²) in [5.41, 5.74) is 12.7. The number of aromatic nitrogens is 2. The van der Waals surface area contributed by atoms with Crippen molar-refractivity contribution in [2.24, 2.45) is 0 Å². The molecule has 7 nitrogen and oxygen atoms in total. The van der Waals surface area contributed by atoms with Gasteiger partial charge in [0.2, 0.25) is 0 Å². The average molecular weight is 817 g/mol. The Morgan fingerprint density at radius 2 is 1.08 bits per heavy atom. The van der Waals surface area contributed by atoms with Gasteiger partial charge >= 0.3 is 6.71 Å². The molecule has 11 aromatic rings. The number of rotatable bonds is 2. The Kier molecular flexibility index (Phi) is 6.23. The van der Waals surface area contributed by atoms with Crippen molar-refractivity contribution in [3.05, 3.63) is 158 Å². The summed E-state index contributed by atoms with van der Waals surface area (Å²) in [6, 6.07) is 47.5. The normalized spacial score (nSPS) is 14.0. The molecule has 0 radical (unpaired) electrons. The van der Waals surface area contributed by atoms with Gasteiger partial charge in [-0.15, -0.1) is 22.7 Å². The van der Waals surface area contributed by atoms with Crippen molar-refractivity contribution >= 4 is 144 Å². The van der Waals surface area contributed by atoms with Crippen LogP contribution >= 0.6 is 22.7 Å². The molecular formula is C50H26B2N4O3S2. The molecule has 0 saturated heterocycles. The van der Waals surface area contributed by atoms with Gasteiger partial charge in [-0.2, -0.15) is 0 Å². The van der Waals surface area contributed by atoms with Gasteiger partial charge in [-0.1, -0.05) is 54.6 Å². The first-order valence-electron chi connectivity index (χ1n) is 20.3. The molecule has 0 spiro atoms. The highest BCUT2D eigenvalue weighted by molar-refractivity contribution is 7.33. The number of anilines is 6. The van der Waals surface area contributed by atoms with E-state index in [1.165, 1.54) is 51.6 Å². The van der Waals surface area contributed by atoms with E-state index in [1.807, 2.05) is 54.3 Å². The van der Waals surface area contributed by atoms with Gasteiger partial charge in [-0.3, -0.25) is 9.97 Å². The Morgan fingerprint density at radius 1 is 0.475 bits per heavy atom. The summed E-state index contributed by atoms with van der Waals surface area (Å²) < 4.78 is 25.7. The molecule has 6 aromatic carbocycles. The Morgan fingerprint density at radius 3 is 1.75 bits per heavy atom. The van der Waals surface area contributed by atoms with Gasteiger partial charge in [0.1, 0.15) is 28.6 Å². The molecule has 282 valence electrons. The topological polar surface area (TPSA) is 63.9 Å². The smallest absolute Gasteiger partial charge is 0.301 e. The molecule has 5 aromatic heterocycles. The van der Waals surface area contributed by atoms with E-state index in [2.05, 4.69) is 135 Å². The molecule has 11 heteroatoms. The molecular weight excluding hydrogens is 790 g/mol. The second-order valence-corrected chi connectivity index (χ2v) is 18.2. The molecule has 0 fully saturated rings. The number of furan rings is 1. The quantitative estimate of drug-likeness (QED) is 0.161. The van der Waals surface area contributed by atoms with Crippen molar-refractivity contribution < 1.29 is 13.9 Å². The number of fused-ring (bicyclic) bond motifs is 15. The van der Waals surface area contributed by atoms with Gasteiger partial charge in [0, 0.05) is 69.7 Å². The van der Waals surface area contributed by atoms with E-state index in [0.717, 1.165) is 79.0 Å². The number of para-hydroxylation sites is 1. The van der Waals surface area contributed by atoms with E-state index in [4.69, 9.17) is 13.9 Å². The fraction of sp³-hybridized carbons (Fsp3) is 0. The lowest BCUT2D eigenvalue weighted by Crippen LogP contribution is -2.59. The van der Waals surface area contributed by atoms with Gasteiger partial charge in [0.15, 0.2) is 0 Å². The molecule has 0 atom stereocenters. The first kappa shape index (κ1) is 32.5. The summed E-state index contributed by atoms with van der Waals surface area (Å²) in [5.74, 6) is 3.49. The maximum Gasteiger partial charge on any atom is 0.301 e. The highest BCUT2D eigenvalue weighted by atomic mass is 32.1. The molecule has 0 unspecified atom stereocenters. The minimum Gasteiger partial charge on any atom is -0.468 e. The molecule has 0 N–H and O–H groups in total. The van der Waals surface area contributed by atoms with Crippen LogP contribution in [-0.2, 0) is 0 Å². The molecule has 4 aliphatic rings. The lowest BCUT2D eigenvalue weighted by atomic mass is 9.36. The molecule has 4 aliphatic heterocycles. The summed E-state index contributed by atoms with van der Waals surface area (Å²) >= 11 is 3.66. The van der Waals surface area contributed by atoms with Gasteiger partial charge < -0.3 is 23.7 Å². The number of ether oxygens (including phenoxy) is 2. The van der Waals surface area contributed by atoms with E-state index in [0.29, 0.717) is 0 Å². The maximum atomic E-state index is 6.94. The Hall–Kier alpha value is -7.33. The fourth-order valence-corrected chi connectivity index (χ4v) is 12.9. The van der Waals surface area contributed by atoms with E-state index in [9.17, 15) is 0 Å². The van der Waals surface area contributed by atoms with E-state index >= 15 is 0 Å². The van der Waals surface area contributed by atoms with Crippen LogP contribution in [-0.4, -0.2) is 23.4 Å². The molecule has 9 heterocycles. The van der Waals surface area contributed by atoms with Crippen LogP contribution in [0.1, 0.15) is 0 Å². The van der Waals surface area contributed by atoms with Crippen molar-refractivity contribution in [2.75, 3.05) is 9.80 Å². The fourth-order valence-electron chi connectivity index (χ4n) is 10.5. The maximum absolute atomic E-state index is 6.94. The minimum atomic E-state index is -0.182. The van der Waals surface area contributed by atoms with Crippen molar-refractivity contribution in [1.82, 2.24) is 9.97 Å². The number of benzene rings is 6. The number of hydrogen-bond donors (Lipinski definition) is 0. The summed E-state index contributed by atoms with van der Waals surface area (Å²) in [5, 5.41) is 4.71. The Labute approximate surface area is 356 Å². The third-order valence-electron chi connectivity index (χ3n) is 12.9. The minimum absolute atomic E-state index is 0.0140. The van der Waals surface area contributed by atoms with Crippen LogP contribution in [0.2, 0.25) is 0 Å². The van der Waals surface area contributed by atoms with Gasteiger partial charge in [-0.05, 0) is 95.3 Å². The van der Waals surface area contributed by atoms with Gasteiger partial charge in [0.25, 0.3) is 6.71 Å². The number of thiophene rings is 2. The molecule has 0 bridgehead atoms. The van der Waals surface area contributed by atoms with Crippen LogP contribution in [0.3, 0.4) is 0 Å². The van der Waals surface area contributed by atoms with Crippen LogP contribution in [0, 0.1) is 0 Å². The van der Waals surface area contributed by atoms with Crippen LogP contribution in [0.25, 0.3) is 41.2 Å². The zero-order valence-electron chi connectivity index (χ0n) is 32.0. The van der Waals surface area contributed by atoms with E-state index < -0.39 is 0 Å². The number of pyridine rings is 2. The summed E-state index contributed by atoms with van der Waals surface area (Å²) in [6.45, 7) is -0.196. The zero-order chi connectivity index (χ0) is 39.5. The number of nitrogens with zero attached hydrogens (tertiary/aromatic N) is 4. The van der Waals surface area contributed by atoms with Gasteiger partial charge in [0.05, 0.1) is 40.8 Å². The van der Waals surface area contributed by atoms with Crippen molar-refractivity contribution in [2.45, 2.75) is 0 Å². The van der Waals surface area contributed by atoms with Crippen molar-refractivity contribution in [3.63, 3.8) is 0 Å². The molecule has 0 aliphatic carbocycles. The SMILES string of the molecule is c1cncc(N2c3cccc4c3B(c3cc5c(cc3O4)sc3cc4c(cc35)B3c5sc6ccccc6c5N(c5cccnc5)c5cccc(c53)O4)c3oc4ccccc4c32)c1. The Balaban J connectivity index is 0.965. The predicted octanol–water partition coefficient (Wildman–Crippen LogP) is 9.62. The summed E-state index contributed by atoms with van der Waals surface area (Å²) in [4.78, 5) is 13.8. The first-order chi connectivity index (χ1) is 30.2. The second kappa shape index (κ2) is 11.7. The predicted molar refractivity (Wildman–Crippen MR) is 252 cm³/mol. The van der Waals surface area contributed by atoms with Crippen LogP contribution in [0.5, 0.6) is 23.0 Å².